The molecule has 0 unspecified atom stereocenters. The Bertz CT molecular complexity index is 427. The van der Waals surface area contributed by atoms with E-state index in [4.69, 9.17) is 0 Å². The summed E-state index contributed by atoms with van der Waals surface area (Å²) in [5, 5.41) is 5.87. The molecule has 0 saturated heterocycles. The topological polar surface area (TPSA) is 67.8 Å². The fraction of sp³-hybridized carbons (Fsp3) is 0.250. The summed E-state index contributed by atoms with van der Waals surface area (Å²) in [5.74, 6) is -0.269. The maximum absolute atomic E-state index is 11.8. The van der Waals surface area contributed by atoms with E-state index in [-0.39, 0.29) is 11.5 Å². The van der Waals surface area contributed by atoms with Crippen molar-refractivity contribution in [3.63, 3.8) is 0 Å². The quantitative estimate of drug-likeness (QED) is 0.375. The first-order chi connectivity index (χ1) is 8.15. The molecule has 0 aliphatic heterocycles. The molecule has 0 radical (unpaired) electrons. The lowest BCUT2D eigenvalue weighted by Gasteiger charge is -2.01. The molecule has 0 spiro atoms. The summed E-state index contributed by atoms with van der Waals surface area (Å²) in [4.78, 5) is 27.2. The molecule has 0 aliphatic carbocycles. The zero-order valence-corrected chi connectivity index (χ0v) is 9.77. The summed E-state index contributed by atoms with van der Waals surface area (Å²) in [7, 11) is 0. The third kappa shape index (κ3) is 4.06. The third-order valence-electron chi connectivity index (χ3n) is 1.95. The number of ketones is 1. The monoisotopic (exact) mass is 234 g/mol. The van der Waals surface area contributed by atoms with Crippen LogP contribution in [0.25, 0.3) is 0 Å². The lowest BCUT2D eigenvalue weighted by atomic mass is 10.1. The van der Waals surface area contributed by atoms with Crippen LogP contribution >= 0.6 is 0 Å². The van der Waals surface area contributed by atoms with E-state index < -0.39 is 6.09 Å². The molecule has 1 amide bonds. The molecular formula is C12H14N2O3. The highest BCUT2D eigenvalue weighted by atomic mass is 16.7. The fourth-order valence-electron chi connectivity index (χ4n) is 1.13. The Kier molecular flexibility index (Phi) is 4.87. The van der Waals surface area contributed by atoms with Gasteiger partial charge in [-0.1, -0.05) is 35.5 Å². The van der Waals surface area contributed by atoms with Gasteiger partial charge in [0.15, 0.2) is 0 Å². The van der Waals surface area contributed by atoms with Gasteiger partial charge < -0.3 is 5.32 Å². The molecular weight excluding hydrogens is 220 g/mol. The van der Waals surface area contributed by atoms with Gasteiger partial charge in [0.2, 0.25) is 5.78 Å². The fourth-order valence-corrected chi connectivity index (χ4v) is 1.13. The molecule has 90 valence electrons. The minimum Gasteiger partial charge on any atom is -0.320 e. The number of nitrogens with zero attached hydrogens (tertiary/aromatic N) is 1. The van der Waals surface area contributed by atoms with Crippen LogP contribution in [0.4, 0.5) is 4.79 Å². The number of Topliss-reactive ketones (excluding diaryl/α,β-unsaturated/α-hetero) is 1. The molecule has 5 heteroatoms. The second kappa shape index (κ2) is 6.42. The summed E-state index contributed by atoms with van der Waals surface area (Å²) in [6, 6.07) is 8.67. The SMILES string of the molecule is CCNC(=O)ON=C(C)C(=O)c1ccccc1. The second-order valence-electron chi connectivity index (χ2n) is 3.28. The van der Waals surface area contributed by atoms with Crippen molar-refractivity contribution in [1.82, 2.24) is 5.32 Å². The van der Waals surface area contributed by atoms with Crippen molar-refractivity contribution in [1.29, 1.82) is 0 Å². The number of hydrogen-bond acceptors (Lipinski definition) is 4. The van der Waals surface area contributed by atoms with Crippen molar-refractivity contribution in [3.05, 3.63) is 35.9 Å². The van der Waals surface area contributed by atoms with Crippen molar-refractivity contribution >= 4 is 17.6 Å². The Labute approximate surface area is 99.5 Å². The Hall–Kier alpha value is -2.17. The zero-order chi connectivity index (χ0) is 12.7. The summed E-state index contributed by atoms with van der Waals surface area (Å²) in [6.07, 6.45) is -0.673. The van der Waals surface area contributed by atoms with Crippen LogP contribution in [0, 0.1) is 0 Å². The Morgan fingerprint density at radius 3 is 2.53 bits per heavy atom. The van der Waals surface area contributed by atoms with Crippen molar-refractivity contribution in [3.8, 4) is 0 Å². The predicted molar refractivity (Wildman–Crippen MR) is 64.0 cm³/mol. The van der Waals surface area contributed by atoms with E-state index in [0.29, 0.717) is 12.1 Å². The molecule has 17 heavy (non-hydrogen) atoms. The number of nitrogens with one attached hydrogen (secondary N) is 1. The number of carbonyl (C=O) groups excluding carboxylic acids is 2. The number of carbonyl (C=O) groups is 2. The van der Waals surface area contributed by atoms with E-state index in [1.807, 2.05) is 6.07 Å². The molecule has 1 aromatic carbocycles. The summed E-state index contributed by atoms with van der Waals surface area (Å²) >= 11 is 0. The molecule has 0 aliphatic rings. The van der Waals surface area contributed by atoms with Crippen LogP contribution < -0.4 is 5.32 Å². The second-order valence-corrected chi connectivity index (χ2v) is 3.28. The molecule has 0 fully saturated rings. The van der Waals surface area contributed by atoms with Crippen LogP contribution in [-0.2, 0) is 4.84 Å². The Balaban J connectivity index is 2.64. The molecule has 0 saturated carbocycles. The maximum Gasteiger partial charge on any atom is 0.433 e. The van der Waals surface area contributed by atoms with E-state index in [1.54, 1.807) is 31.2 Å². The lowest BCUT2D eigenvalue weighted by molar-refractivity contribution is 0.105. The van der Waals surface area contributed by atoms with E-state index in [1.165, 1.54) is 6.92 Å². The molecule has 0 heterocycles. The average Bonchev–Trinajstić information content (AvgIpc) is 2.36. The van der Waals surface area contributed by atoms with Crippen molar-refractivity contribution in [2.24, 2.45) is 5.16 Å². The molecule has 1 rings (SSSR count). The van der Waals surface area contributed by atoms with Crippen LogP contribution in [0.5, 0.6) is 0 Å². The van der Waals surface area contributed by atoms with Gasteiger partial charge in [-0.25, -0.2) is 4.79 Å². The smallest absolute Gasteiger partial charge is 0.320 e. The first-order valence-corrected chi connectivity index (χ1v) is 5.24. The molecule has 5 nitrogen and oxygen atoms in total. The first-order valence-electron chi connectivity index (χ1n) is 5.24. The largest absolute Gasteiger partial charge is 0.433 e. The molecule has 0 aromatic heterocycles. The van der Waals surface area contributed by atoms with Gasteiger partial charge in [0.25, 0.3) is 0 Å². The summed E-state index contributed by atoms with van der Waals surface area (Å²) in [6.45, 7) is 3.70. The Morgan fingerprint density at radius 1 is 1.29 bits per heavy atom. The summed E-state index contributed by atoms with van der Waals surface area (Å²) in [5.41, 5.74) is 0.635. The van der Waals surface area contributed by atoms with Crippen molar-refractivity contribution < 1.29 is 14.4 Å². The van der Waals surface area contributed by atoms with Gasteiger partial charge in [-0.15, -0.1) is 0 Å². The van der Waals surface area contributed by atoms with Gasteiger partial charge in [0.05, 0.1) is 0 Å². The van der Waals surface area contributed by atoms with Gasteiger partial charge in [-0.05, 0) is 13.8 Å². The normalized spacial score (nSPS) is 10.8. The highest BCUT2D eigenvalue weighted by molar-refractivity contribution is 6.45. The average molecular weight is 234 g/mol. The highest BCUT2D eigenvalue weighted by Gasteiger charge is 2.10. The van der Waals surface area contributed by atoms with E-state index in [0.717, 1.165) is 0 Å². The van der Waals surface area contributed by atoms with Gasteiger partial charge in [0, 0.05) is 12.1 Å². The third-order valence-corrected chi connectivity index (χ3v) is 1.95. The van der Waals surface area contributed by atoms with Crippen LogP contribution in [0.1, 0.15) is 24.2 Å². The highest BCUT2D eigenvalue weighted by Crippen LogP contribution is 2.01. The minimum absolute atomic E-state index is 0.127. The van der Waals surface area contributed by atoms with Crippen LogP contribution in [0.3, 0.4) is 0 Å². The van der Waals surface area contributed by atoms with Gasteiger partial charge in [-0.3, -0.25) is 9.63 Å². The number of amides is 1. The zero-order valence-electron chi connectivity index (χ0n) is 9.77. The van der Waals surface area contributed by atoms with Gasteiger partial charge in [-0.2, -0.15) is 0 Å². The van der Waals surface area contributed by atoms with Gasteiger partial charge >= 0.3 is 6.09 Å². The van der Waals surface area contributed by atoms with Crippen LogP contribution in [0.15, 0.2) is 35.5 Å². The van der Waals surface area contributed by atoms with Crippen LogP contribution in [0.2, 0.25) is 0 Å². The molecule has 0 atom stereocenters. The molecule has 1 aromatic rings. The number of hydrogen-bond donors (Lipinski definition) is 1. The maximum atomic E-state index is 11.8. The van der Waals surface area contributed by atoms with Crippen LogP contribution in [-0.4, -0.2) is 24.1 Å². The van der Waals surface area contributed by atoms with E-state index in [9.17, 15) is 9.59 Å². The van der Waals surface area contributed by atoms with E-state index in [2.05, 4.69) is 15.3 Å². The predicted octanol–water partition coefficient (Wildman–Crippen LogP) is 1.99. The number of benzene rings is 1. The van der Waals surface area contributed by atoms with Gasteiger partial charge in [0.1, 0.15) is 5.71 Å². The number of rotatable bonds is 4. The standard InChI is InChI=1S/C12H14N2O3/c1-3-13-12(16)17-14-9(2)11(15)10-7-5-4-6-8-10/h4-8H,3H2,1-2H3,(H,13,16). The van der Waals surface area contributed by atoms with Crippen molar-refractivity contribution in [2.75, 3.05) is 6.54 Å². The lowest BCUT2D eigenvalue weighted by Crippen LogP contribution is -2.23. The Morgan fingerprint density at radius 2 is 1.94 bits per heavy atom. The first kappa shape index (κ1) is 12.9. The number of oxime groups is 1. The molecule has 1 N–H and O–H groups in total. The minimum atomic E-state index is -0.673. The van der Waals surface area contributed by atoms with Crippen molar-refractivity contribution in [2.45, 2.75) is 13.8 Å². The van der Waals surface area contributed by atoms with E-state index >= 15 is 0 Å². The molecule has 0 bridgehead atoms. The summed E-state index contributed by atoms with van der Waals surface area (Å²) < 4.78 is 0.